The highest BCUT2D eigenvalue weighted by atomic mass is 79.9. The highest BCUT2D eigenvalue weighted by Gasteiger charge is 2.29. The molecule has 1 aromatic rings. The number of fused-ring (bicyclic) bond motifs is 2. The molecule has 0 amide bonds. The third kappa shape index (κ3) is 7.56. The molecular formula is C20H26B3BrN4O6. The van der Waals surface area contributed by atoms with Gasteiger partial charge >= 0.3 is 42.1 Å². The molecule has 0 spiro atoms. The van der Waals surface area contributed by atoms with Crippen molar-refractivity contribution in [1.29, 1.82) is 0 Å². The van der Waals surface area contributed by atoms with Crippen molar-refractivity contribution < 1.29 is 28.3 Å². The van der Waals surface area contributed by atoms with E-state index in [4.69, 9.17) is 29.1 Å². The van der Waals surface area contributed by atoms with E-state index in [1.165, 1.54) is 0 Å². The molecule has 2 heterocycles. The molecule has 0 fully saturated rings. The number of nitrogens with zero attached hydrogens (tertiary/aromatic N) is 4. The predicted molar refractivity (Wildman–Crippen MR) is 128 cm³/mol. The van der Waals surface area contributed by atoms with Crippen LogP contribution in [0.15, 0.2) is 16.6 Å². The topological polar surface area (TPSA) is 102 Å². The van der Waals surface area contributed by atoms with E-state index in [0.717, 1.165) is 4.47 Å². The van der Waals surface area contributed by atoms with Crippen molar-refractivity contribution in [3.63, 3.8) is 0 Å². The van der Waals surface area contributed by atoms with Crippen LogP contribution in [0.25, 0.3) is 0 Å². The lowest BCUT2D eigenvalue weighted by Gasteiger charge is -2.35. The molecule has 0 aromatic carbocycles. The Kier molecular flexibility index (Phi) is 11.1. The Morgan fingerprint density at radius 3 is 1.44 bits per heavy atom. The summed E-state index contributed by atoms with van der Waals surface area (Å²) >= 11 is 3.51. The molecule has 3 atom stereocenters. The van der Waals surface area contributed by atoms with Crippen LogP contribution in [-0.4, -0.2) is 106 Å². The van der Waals surface area contributed by atoms with Crippen LogP contribution >= 0.6 is 15.9 Å². The first-order valence-electron chi connectivity index (χ1n) is 10.7. The van der Waals surface area contributed by atoms with E-state index in [1.54, 1.807) is 20.8 Å². The Bertz CT molecular complexity index is 828. The van der Waals surface area contributed by atoms with Gasteiger partial charge in [-0.1, -0.05) is 15.9 Å². The predicted octanol–water partition coefficient (Wildman–Crippen LogP) is -0.191. The van der Waals surface area contributed by atoms with Gasteiger partial charge in [-0.25, -0.2) is 0 Å². The van der Waals surface area contributed by atoms with Gasteiger partial charge in [-0.3, -0.25) is 34.1 Å². The number of halogens is 1. The summed E-state index contributed by atoms with van der Waals surface area (Å²) in [4.78, 5) is 46.8. The number of aromatic nitrogens is 1. The molecule has 1 aliphatic heterocycles. The van der Waals surface area contributed by atoms with Gasteiger partial charge in [0.2, 0.25) is 0 Å². The molecule has 3 unspecified atom stereocenters. The molecule has 10 nitrogen and oxygen atoms in total. The van der Waals surface area contributed by atoms with E-state index in [9.17, 15) is 14.4 Å². The van der Waals surface area contributed by atoms with Crippen molar-refractivity contribution in [2.45, 2.75) is 52.0 Å². The normalized spacial score (nSPS) is 19.1. The van der Waals surface area contributed by atoms with Crippen molar-refractivity contribution in [3.05, 3.63) is 28.0 Å². The van der Waals surface area contributed by atoms with E-state index in [0.29, 0.717) is 50.7 Å². The molecule has 6 radical (unpaired) electrons. The first-order chi connectivity index (χ1) is 16.1. The molecular weight excluding hydrogens is 505 g/mol. The first-order valence-corrected chi connectivity index (χ1v) is 11.5. The van der Waals surface area contributed by atoms with E-state index in [2.05, 4.69) is 29.9 Å². The molecule has 1 aromatic heterocycles. The summed E-state index contributed by atoms with van der Waals surface area (Å²) in [6.07, 6.45) is 0. The van der Waals surface area contributed by atoms with E-state index in [-0.39, 0.29) is 0 Å². The van der Waals surface area contributed by atoms with Crippen LogP contribution in [0, 0.1) is 0 Å². The zero-order chi connectivity index (χ0) is 25.4. The fourth-order valence-corrected chi connectivity index (χ4v) is 4.29. The van der Waals surface area contributed by atoms with Gasteiger partial charge in [-0.05, 0) is 32.9 Å². The van der Waals surface area contributed by atoms with Crippen LogP contribution in [0.5, 0.6) is 0 Å². The van der Waals surface area contributed by atoms with E-state index in [1.807, 2.05) is 26.8 Å². The molecule has 2 bridgehead atoms. The lowest BCUT2D eigenvalue weighted by Crippen LogP contribution is -2.51. The quantitative estimate of drug-likeness (QED) is 0.460. The fourth-order valence-electron chi connectivity index (χ4n) is 3.76. The largest absolute Gasteiger partial charge is 0.542 e. The van der Waals surface area contributed by atoms with Crippen molar-refractivity contribution >= 4 is 58.0 Å². The summed E-state index contributed by atoms with van der Waals surface area (Å²) in [6.45, 7) is 7.18. The van der Waals surface area contributed by atoms with E-state index >= 15 is 0 Å². The maximum atomic E-state index is 12.2. The smallest absolute Gasteiger partial charge is 0.378 e. The lowest BCUT2D eigenvalue weighted by molar-refractivity contribution is -0.142. The van der Waals surface area contributed by atoms with Crippen LogP contribution in [0.1, 0.15) is 32.2 Å². The Hall–Kier alpha value is -1.89. The summed E-state index contributed by atoms with van der Waals surface area (Å²) in [5.41, 5.74) is 1.38. The maximum Gasteiger partial charge on any atom is 0.378 e. The molecule has 1 aliphatic rings. The van der Waals surface area contributed by atoms with Crippen LogP contribution < -0.4 is 0 Å². The van der Waals surface area contributed by atoms with Crippen molar-refractivity contribution in [1.82, 2.24) is 19.7 Å². The third-order valence-corrected chi connectivity index (χ3v) is 6.45. The standard InChI is InChI=1S/C20H26B3BrN4O6/c1-12(18(29)32-21)26-4-6-27(13(2)19(30)33-22)10-16-8-15(24)9-17(25-16)11-28(7-5-26)14(3)20(31)34-23/h8-9,12-14H,4-7,10-11H2,1-3H3. The summed E-state index contributed by atoms with van der Waals surface area (Å²) in [7, 11) is 15.3. The average molecular weight is 531 g/mol. The Labute approximate surface area is 212 Å². The van der Waals surface area contributed by atoms with Gasteiger partial charge in [0, 0.05) is 43.7 Å². The molecule has 0 N–H and O–H groups in total. The second-order valence-electron chi connectivity index (χ2n) is 8.08. The van der Waals surface area contributed by atoms with Crippen LogP contribution in [0.2, 0.25) is 0 Å². The van der Waals surface area contributed by atoms with Gasteiger partial charge in [-0.2, -0.15) is 0 Å². The molecule has 0 saturated heterocycles. The Morgan fingerprint density at radius 2 is 1.09 bits per heavy atom. The average Bonchev–Trinajstić information content (AvgIpc) is 2.83. The third-order valence-electron chi connectivity index (χ3n) is 5.99. The van der Waals surface area contributed by atoms with Crippen LogP contribution in [-0.2, 0) is 41.4 Å². The minimum absolute atomic E-state index is 0.312. The lowest BCUT2D eigenvalue weighted by atomic mass is 10.1. The molecule has 0 saturated carbocycles. The van der Waals surface area contributed by atoms with Crippen LogP contribution in [0.4, 0.5) is 0 Å². The second-order valence-corrected chi connectivity index (χ2v) is 9.00. The highest BCUT2D eigenvalue weighted by Crippen LogP contribution is 2.19. The first kappa shape index (κ1) is 28.4. The second kappa shape index (κ2) is 13.3. The summed E-state index contributed by atoms with van der Waals surface area (Å²) in [6, 6.07) is 1.70. The molecule has 178 valence electrons. The highest BCUT2D eigenvalue weighted by molar-refractivity contribution is 9.10. The molecule has 0 aliphatic carbocycles. The zero-order valence-electron chi connectivity index (χ0n) is 19.5. The minimum atomic E-state index is -0.671. The van der Waals surface area contributed by atoms with Crippen molar-refractivity contribution in [2.75, 3.05) is 26.2 Å². The van der Waals surface area contributed by atoms with Crippen molar-refractivity contribution in [2.24, 2.45) is 0 Å². The minimum Gasteiger partial charge on any atom is -0.542 e. The summed E-state index contributed by atoms with van der Waals surface area (Å²) < 4.78 is 14.1. The van der Waals surface area contributed by atoms with Crippen molar-refractivity contribution in [3.8, 4) is 0 Å². The summed E-state index contributed by atoms with van der Waals surface area (Å²) in [5, 5.41) is 0. The Morgan fingerprint density at radius 1 is 0.765 bits per heavy atom. The van der Waals surface area contributed by atoms with Gasteiger partial charge in [-0.15, -0.1) is 0 Å². The number of pyridine rings is 1. The van der Waals surface area contributed by atoms with Gasteiger partial charge in [0.05, 0.1) is 11.4 Å². The number of rotatable bonds is 6. The summed E-state index contributed by atoms with van der Waals surface area (Å²) in [5.74, 6) is -1.79. The van der Waals surface area contributed by atoms with Gasteiger partial charge in [0.15, 0.2) is 0 Å². The SMILES string of the molecule is [B]OC(=O)C(C)N1CCN(C(C)C(=O)O[B])Cc2cc(Br)cc(n2)CN(C(C)C(=O)O[B])CC1. The number of carbonyl (C=O) groups is 3. The van der Waals surface area contributed by atoms with Gasteiger partial charge < -0.3 is 14.0 Å². The fraction of sp³-hybridized carbons (Fsp3) is 0.600. The molecule has 14 heteroatoms. The maximum absolute atomic E-state index is 12.2. The monoisotopic (exact) mass is 530 g/mol. The zero-order valence-corrected chi connectivity index (χ0v) is 21.1. The number of carbonyl (C=O) groups excluding carboxylic acids is 3. The Balaban J connectivity index is 2.46. The van der Waals surface area contributed by atoms with Crippen LogP contribution in [0.3, 0.4) is 0 Å². The van der Waals surface area contributed by atoms with Gasteiger partial charge in [0.1, 0.15) is 18.1 Å². The molecule has 2 rings (SSSR count). The van der Waals surface area contributed by atoms with Gasteiger partial charge in [0.25, 0.3) is 0 Å². The number of hydrogen-bond donors (Lipinski definition) is 0. The molecule has 34 heavy (non-hydrogen) atoms. The number of hydrogen-bond acceptors (Lipinski definition) is 10. The van der Waals surface area contributed by atoms with E-state index < -0.39 is 36.0 Å².